The first-order valence-electron chi connectivity index (χ1n) is 3.76. The number of rotatable bonds is 3. The third-order valence-corrected chi connectivity index (χ3v) is 2.22. The topological polar surface area (TPSA) is 97.8 Å². The van der Waals surface area contributed by atoms with Crippen LogP contribution in [0.25, 0.3) is 0 Å². The van der Waals surface area contributed by atoms with E-state index >= 15 is 0 Å². The van der Waals surface area contributed by atoms with Gasteiger partial charge in [-0.05, 0) is 6.42 Å². The van der Waals surface area contributed by atoms with Crippen LogP contribution < -0.4 is 5.43 Å². The van der Waals surface area contributed by atoms with Crippen LogP contribution in [-0.2, 0) is 6.42 Å². The predicted molar refractivity (Wildman–Crippen MR) is 51.6 cm³/mol. The molecule has 0 aromatic carbocycles. The van der Waals surface area contributed by atoms with E-state index < -0.39 is 0 Å². The van der Waals surface area contributed by atoms with Crippen molar-refractivity contribution in [3.05, 3.63) is 5.01 Å². The molecule has 14 heavy (non-hydrogen) atoms. The van der Waals surface area contributed by atoms with Crippen molar-refractivity contribution >= 4 is 22.2 Å². The lowest BCUT2D eigenvalue weighted by atomic mass is 10.5. The summed E-state index contributed by atoms with van der Waals surface area (Å²) in [5, 5.41) is 29.2. The van der Waals surface area contributed by atoms with Gasteiger partial charge < -0.3 is 0 Å². The second-order valence-electron chi connectivity index (χ2n) is 2.15. The lowest BCUT2D eigenvalue weighted by molar-refractivity contribution is 0.981. The molecule has 0 saturated carbocycles. The van der Waals surface area contributed by atoms with E-state index in [0.29, 0.717) is 5.13 Å². The first-order chi connectivity index (χ1) is 6.80. The minimum Gasteiger partial charge on any atom is -0.249 e. The Morgan fingerprint density at radius 3 is 2.71 bits per heavy atom. The van der Waals surface area contributed by atoms with Gasteiger partial charge in [-0.3, -0.25) is 0 Å². The molecule has 0 radical (unpaired) electrons. The number of aryl methyl sites for hydroxylation is 1. The molecule has 70 valence electrons. The van der Waals surface area contributed by atoms with Crippen molar-refractivity contribution in [2.45, 2.75) is 13.3 Å². The molecule has 0 aliphatic carbocycles. The Bertz CT molecular complexity index is 404. The fraction of sp³-hybridized carbons (Fsp3) is 0.286. The van der Waals surface area contributed by atoms with Crippen molar-refractivity contribution in [1.29, 1.82) is 10.5 Å². The molecule has 0 unspecified atom stereocenters. The maximum absolute atomic E-state index is 8.38. The van der Waals surface area contributed by atoms with Crippen LogP contribution >= 0.6 is 11.3 Å². The average Bonchev–Trinajstić information content (AvgIpc) is 2.67. The van der Waals surface area contributed by atoms with Crippen LogP contribution in [0.2, 0.25) is 0 Å². The van der Waals surface area contributed by atoms with Gasteiger partial charge in [0.1, 0.15) is 17.1 Å². The summed E-state index contributed by atoms with van der Waals surface area (Å²) in [6.45, 7) is 1.96. The van der Waals surface area contributed by atoms with Gasteiger partial charge in [-0.1, -0.05) is 18.3 Å². The van der Waals surface area contributed by atoms with E-state index in [2.05, 4.69) is 20.7 Å². The molecule has 7 heteroatoms. The zero-order valence-corrected chi connectivity index (χ0v) is 8.17. The van der Waals surface area contributed by atoms with Crippen molar-refractivity contribution in [3.8, 4) is 12.1 Å². The van der Waals surface area contributed by atoms with E-state index in [1.807, 2.05) is 6.92 Å². The number of anilines is 1. The first kappa shape index (κ1) is 10.1. The molecular formula is C7H6N6S. The summed E-state index contributed by atoms with van der Waals surface area (Å²) in [7, 11) is 0. The van der Waals surface area contributed by atoms with E-state index in [4.69, 9.17) is 10.5 Å². The van der Waals surface area contributed by atoms with Gasteiger partial charge in [0.2, 0.25) is 10.8 Å². The summed E-state index contributed by atoms with van der Waals surface area (Å²) in [5.74, 6) is 0. The number of hydrogen-bond acceptors (Lipinski definition) is 7. The smallest absolute Gasteiger partial charge is 0.237 e. The van der Waals surface area contributed by atoms with Crippen LogP contribution in [0.1, 0.15) is 11.9 Å². The van der Waals surface area contributed by atoms with Crippen LogP contribution in [0.3, 0.4) is 0 Å². The maximum atomic E-state index is 8.38. The largest absolute Gasteiger partial charge is 0.249 e. The highest BCUT2D eigenvalue weighted by Crippen LogP contribution is 2.14. The molecule has 1 N–H and O–H groups in total. The highest BCUT2D eigenvalue weighted by molar-refractivity contribution is 7.15. The number of nitriles is 2. The number of nitrogens with zero attached hydrogens (tertiary/aromatic N) is 5. The van der Waals surface area contributed by atoms with Crippen LogP contribution in [0.4, 0.5) is 5.13 Å². The molecule has 1 aromatic heterocycles. The molecule has 0 aliphatic heterocycles. The predicted octanol–water partition coefficient (Wildman–Crippen LogP) is 0.916. The molecule has 6 nitrogen and oxygen atoms in total. The van der Waals surface area contributed by atoms with Crippen molar-refractivity contribution in [2.75, 3.05) is 5.43 Å². The van der Waals surface area contributed by atoms with E-state index in [0.717, 1.165) is 11.4 Å². The third-order valence-electron chi connectivity index (χ3n) is 1.24. The minimum absolute atomic E-state index is 0.238. The minimum atomic E-state index is -0.238. The number of aromatic nitrogens is 2. The summed E-state index contributed by atoms with van der Waals surface area (Å²) in [4.78, 5) is 0. The van der Waals surface area contributed by atoms with Crippen molar-refractivity contribution < 1.29 is 0 Å². The Kier molecular flexibility index (Phi) is 3.53. The third kappa shape index (κ3) is 2.51. The van der Waals surface area contributed by atoms with Crippen LogP contribution in [0.15, 0.2) is 5.10 Å². The van der Waals surface area contributed by atoms with Crippen LogP contribution in [0, 0.1) is 22.7 Å². The summed E-state index contributed by atoms with van der Waals surface area (Å²) in [6, 6.07) is 3.25. The molecule has 0 spiro atoms. The second-order valence-corrected chi connectivity index (χ2v) is 3.21. The molecule has 0 aliphatic rings. The lowest BCUT2D eigenvalue weighted by Gasteiger charge is -1.88. The summed E-state index contributed by atoms with van der Waals surface area (Å²) >= 11 is 1.34. The number of hydrogen-bond donors (Lipinski definition) is 1. The molecule has 0 bridgehead atoms. The SMILES string of the molecule is CCc1nnc(NN=C(C#N)C#N)s1. The zero-order chi connectivity index (χ0) is 10.4. The highest BCUT2D eigenvalue weighted by atomic mass is 32.1. The van der Waals surface area contributed by atoms with E-state index in [9.17, 15) is 0 Å². The van der Waals surface area contributed by atoms with Gasteiger partial charge in [0.25, 0.3) is 0 Å². The first-order valence-corrected chi connectivity index (χ1v) is 4.58. The molecule has 0 atom stereocenters. The highest BCUT2D eigenvalue weighted by Gasteiger charge is 2.00. The van der Waals surface area contributed by atoms with E-state index in [1.54, 1.807) is 12.1 Å². The number of nitrogens with one attached hydrogen (secondary N) is 1. The Balaban J connectivity index is 2.67. The summed E-state index contributed by atoms with van der Waals surface area (Å²) in [6.07, 6.45) is 0.798. The van der Waals surface area contributed by atoms with E-state index in [1.165, 1.54) is 11.3 Å². The van der Waals surface area contributed by atoms with Crippen molar-refractivity contribution in [3.63, 3.8) is 0 Å². The second kappa shape index (κ2) is 4.90. The van der Waals surface area contributed by atoms with Crippen LogP contribution in [-0.4, -0.2) is 15.9 Å². The molecule has 0 fully saturated rings. The summed E-state index contributed by atoms with van der Waals surface area (Å²) in [5.41, 5.74) is 2.25. The number of hydrazone groups is 1. The van der Waals surface area contributed by atoms with Gasteiger partial charge >= 0.3 is 0 Å². The Morgan fingerprint density at radius 1 is 1.50 bits per heavy atom. The Labute approximate surface area is 84.5 Å². The fourth-order valence-corrected chi connectivity index (χ4v) is 1.24. The molecular weight excluding hydrogens is 200 g/mol. The van der Waals surface area contributed by atoms with Gasteiger partial charge in [0.05, 0.1) is 0 Å². The molecule has 1 heterocycles. The summed E-state index contributed by atoms with van der Waals surface area (Å²) < 4.78 is 0. The molecule has 1 rings (SSSR count). The van der Waals surface area contributed by atoms with Gasteiger partial charge in [0.15, 0.2) is 0 Å². The maximum Gasteiger partial charge on any atom is 0.237 e. The quantitative estimate of drug-likeness (QED) is 0.585. The molecule has 1 aromatic rings. The fourth-order valence-electron chi connectivity index (χ4n) is 0.620. The lowest BCUT2D eigenvalue weighted by Crippen LogP contribution is -1.95. The van der Waals surface area contributed by atoms with Gasteiger partial charge in [-0.25, -0.2) is 5.43 Å². The normalized spacial score (nSPS) is 8.50. The van der Waals surface area contributed by atoms with Crippen LogP contribution in [0.5, 0.6) is 0 Å². The average molecular weight is 206 g/mol. The van der Waals surface area contributed by atoms with Crippen molar-refractivity contribution in [1.82, 2.24) is 10.2 Å². The van der Waals surface area contributed by atoms with Crippen molar-refractivity contribution in [2.24, 2.45) is 5.10 Å². The van der Waals surface area contributed by atoms with Gasteiger partial charge in [-0.15, -0.1) is 10.2 Å². The Morgan fingerprint density at radius 2 is 2.21 bits per heavy atom. The van der Waals surface area contributed by atoms with Gasteiger partial charge in [0, 0.05) is 0 Å². The molecule has 0 amide bonds. The Hall–Kier alpha value is -1.99. The van der Waals surface area contributed by atoms with Gasteiger partial charge in [-0.2, -0.15) is 15.6 Å². The van der Waals surface area contributed by atoms with E-state index in [-0.39, 0.29) is 5.71 Å². The molecule has 0 saturated heterocycles. The standard InChI is InChI=1S/C7H6N6S/c1-2-6-11-13-7(14-6)12-10-5(3-8)4-9/h2H2,1H3,(H,12,13). The zero-order valence-electron chi connectivity index (χ0n) is 7.35. The monoisotopic (exact) mass is 206 g/mol.